The molecule has 0 aliphatic carbocycles. The highest BCUT2D eigenvalue weighted by Crippen LogP contribution is 2.20. The van der Waals surface area contributed by atoms with E-state index in [4.69, 9.17) is 11.6 Å². The lowest BCUT2D eigenvalue weighted by Crippen LogP contribution is -2.32. The number of carbonyl (C=O) groups excluding carboxylic acids is 1. The maximum atomic E-state index is 12.0. The van der Waals surface area contributed by atoms with Crippen LogP contribution in [0, 0.1) is 0 Å². The van der Waals surface area contributed by atoms with Crippen molar-refractivity contribution in [1.82, 2.24) is 9.78 Å². The molecule has 0 bridgehead atoms. The number of rotatable bonds is 4. The zero-order valence-corrected chi connectivity index (χ0v) is 13.1. The SMILES string of the molecule is COC(=O)Cn1ncc(NC2CCS(=O)CC2)c(Cl)c1=O. The summed E-state index contributed by atoms with van der Waals surface area (Å²) in [7, 11) is 0.488. The highest BCUT2D eigenvalue weighted by molar-refractivity contribution is 7.85. The minimum absolute atomic E-state index is 0.0133. The number of anilines is 1. The molecular weight excluding hydrogens is 318 g/mol. The van der Waals surface area contributed by atoms with Crippen molar-refractivity contribution in [2.24, 2.45) is 0 Å². The van der Waals surface area contributed by atoms with Crippen molar-refractivity contribution in [2.45, 2.75) is 25.4 Å². The van der Waals surface area contributed by atoms with Crippen LogP contribution >= 0.6 is 11.6 Å². The van der Waals surface area contributed by atoms with E-state index in [1.54, 1.807) is 0 Å². The smallest absolute Gasteiger partial charge is 0.327 e. The van der Waals surface area contributed by atoms with Gasteiger partial charge in [-0.2, -0.15) is 5.10 Å². The van der Waals surface area contributed by atoms with E-state index in [1.807, 2.05) is 0 Å². The molecule has 9 heteroatoms. The summed E-state index contributed by atoms with van der Waals surface area (Å²) >= 11 is 6.02. The third-order valence-electron chi connectivity index (χ3n) is 3.24. The van der Waals surface area contributed by atoms with Gasteiger partial charge in [0.2, 0.25) is 0 Å². The second-order valence-electron chi connectivity index (χ2n) is 4.68. The van der Waals surface area contributed by atoms with Gasteiger partial charge in [-0.05, 0) is 12.8 Å². The van der Waals surface area contributed by atoms with Crippen LogP contribution in [0.3, 0.4) is 0 Å². The Balaban J connectivity index is 2.11. The van der Waals surface area contributed by atoms with Gasteiger partial charge in [0.25, 0.3) is 5.56 Å². The normalized spacial score (nSPS) is 21.8. The third-order valence-corrected chi connectivity index (χ3v) is 4.99. The zero-order chi connectivity index (χ0) is 15.4. The molecule has 21 heavy (non-hydrogen) atoms. The summed E-state index contributed by atoms with van der Waals surface area (Å²) < 4.78 is 16.7. The molecule has 0 amide bonds. The first-order chi connectivity index (χ1) is 10.0. The van der Waals surface area contributed by atoms with Gasteiger partial charge in [0.15, 0.2) is 0 Å². The van der Waals surface area contributed by atoms with Gasteiger partial charge in [0, 0.05) is 28.3 Å². The van der Waals surface area contributed by atoms with Crippen molar-refractivity contribution < 1.29 is 13.7 Å². The summed E-state index contributed by atoms with van der Waals surface area (Å²) in [4.78, 5) is 23.2. The molecule has 1 aliphatic rings. The average molecular weight is 334 g/mol. The number of hydrogen-bond acceptors (Lipinski definition) is 6. The minimum atomic E-state index is -0.746. The molecule has 1 aromatic heterocycles. The van der Waals surface area contributed by atoms with Crippen LogP contribution in [0.4, 0.5) is 5.69 Å². The first-order valence-corrected chi connectivity index (χ1v) is 8.32. The van der Waals surface area contributed by atoms with Crippen LogP contribution in [-0.2, 0) is 26.9 Å². The van der Waals surface area contributed by atoms with E-state index < -0.39 is 22.3 Å². The predicted molar refractivity (Wildman–Crippen MR) is 80.0 cm³/mol. The van der Waals surface area contributed by atoms with Crippen LogP contribution in [-0.4, -0.2) is 44.6 Å². The number of ether oxygens (including phenoxy) is 1. The van der Waals surface area contributed by atoms with Crippen LogP contribution in [0.15, 0.2) is 11.0 Å². The Hall–Kier alpha value is -1.41. The van der Waals surface area contributed by atoms with Crippen LogP contribution < -0.4 is 10.9 Å². The molecule has 0 spiro atoms. The summed E-state index contributed by atoms with van der Waals surface area (Å²) in [5.74, 6) is 0.709. The van der Waals surface area contributed by atoms with E-state index in [2.05, 4.69) is 15.2 Å². The summed E-state index contributed by atoms with van der Waals surface area (Å²) in [6, 6.07) is 0.123. The number of methoxy groups -OCH3 is 1. The van der Waals surface area contributed by atoms with Gasteiger partial charge in [-0.25, -0.2) is 4.68 Å². The largest absolute Gasteiger partial charge is 0.468 e. The van der Waals surface area contributed by atoms with Crippen molar-refractivity contribution in [1.29, 1.82) is 0 Å². The monoisotopic (exact) mass is 333 g/mol. The van der Waals surface area contributed by atoms with Crippen molar-refractivity contribution in [3.05, 3.63) is 21.6 Å². The topological polar surface area (TPSA) is 90.3 Å². The van der Waals surface area contributed by atoms with E-state index in [9.17, 15) is 13.8 Å². The van der Waals surface area contributed by atoms with Crippen molar-refractivity contribution in [3.8, 4) is 0 Å². The van der Waals surface area contributed by atoms with Gasteiger partial charge in [-0.15, -0.1) is 0 Å². The van der Waals surface area contributed by atoms with Crippen molar-refractivity contribution in [2.75, 3.05) is 23.9 Å². The molecule has 7 nitrogen and oxygen atoms in total. The third kappa shape index (κ3) is 4.04. The molecule has 1 aliphatic heterocycles. The van der Waals surface area contributed by atoms with Gasteiger partial charge < -0.3 is 10.1 Å². The second kappa shape index (κ2) is 7.04. The highest BCUT2D eigenvalue weighted by atomic mass is 35.5. The fourth-order valence-electron chi connectivity index (χ4n) is 2.02. The van der Waals surface area contributed by atoms with E-state index in [1.165, 1.54) is 13.3 Å². The number of hydrogen-bond donors (Lipinski definition) is 1. The van der Waals surface area contributed by atoms with Gasteiger partial charge in [-0.3, -0.25) is 13.8 Å². The molecular formula is C12H16ClN3O4S. The summed E-state index contributed by atoms with van der Waals surface area (Å²) in [6.07, 6.45) is 2.93. The predicted octanol–water partition coefficient (Wildman–Crippen LogP) is 0.393. The highest BCUT2D eigenvalue weighted by Gasteiger charge is 2.20. The molecule has 0 aromatic carbocycles. The molecule has 1 saturated heterocycles. The molecule has 1 fully saturated rings. The van der Waals surface area contributed by atoms with E-state index >= 15 is 0 Å². The number of carbonyl (C=O) groups is 1. The Morgan fingerprint density at radius 2 is 2.24 bits per heavy atom. The molecule has 0 saturated carbocycles. The summed E-state index contributed by atoms with van der Waals surface area (Å²) in [5.41, 5.74) is -0.119. The number of halogens is 1. The molecule has 0 radical (unpaired) electrons. The van der Waals surface area contributed by atoms with Crippen LogP contribution in [0.2, 0.25) is 5.02 Å². The molecule has 1 N–H and O–H groups in total. The van der Waals surface area contributed by atoms with E-state index in [0.717, 1.165) is 17.5 Å². The van der Waals surface area contributed by atoms with E-state index in [0.29, 0.717) is 17.2 Å². The molecule has 0 atom stereocenters. The number of nitrogens with zero attached hydrogens (tertiary/aromatic N) is 2. The first kappa shape index (κ1) is 16.0. The molecule has 2 heterocycles. The fourth-order valence-corrected chi connectivity index (χ4v) is 3.52. The van der Waals surface area contributed by atoms with Gasteiger partial charge in [-0.1, -0.05) is 11.6 Å². The number of aromatic nitrogens is 2. The zero-order valence-electron chi connectivity index (χ0n) is 11.5. The Bertz CT molecular complexity index is 609. The molecule has 1 aromatic rings. The first-order valence-electron chi connectivity index (χ1n) is 6.45. The number of esters is 1. The van der Waals surface area contributed by atoms with Crippen molar-refractivity contribution >= 4 is 34.1 Å². The fraction of sp³-hybridized carbons (Fsp3) is 0.583. The van der Waals surface area contributed by atoms with Gasteiger partial charge in [0.1, 0.15) is 11.6 Å². The maximum Gasteiger partial charge on any atom is 0.327 e. The maximum absolute atomic E-state index is 12.0. The molecule has 116 valence electrons. The second-order valence-corrected chi connectivity index (χ2v) is 6.75. The van der Waals surface area contributed by atoms with Crippen LogP contribution in [0.25, 0.3) is 0 Å². The molecule has 0 unspecified atom stereocenters. The van der Waals surface area contributed by atoms with Gasteiger partial charge in [0.05, 0.1) is 19.0 Å². The van der Waals surface area contributed by atoms with Crippen molar-refractivity contribution in [3.63, 3.8) is 0 Å². The van der Waals surface area contributed by atoms with Crippen LogP contribution in [0.1, 0.15) is 12.8 Å². The lowest BCUT2D eigenvalue weighted by molar-refractivity contribution is -0.141. The Labute approximate surface area is 129 Å². The minimum Gasteiger partial charge on any atom is -0.468 e. The Morgan fingerprint density at radius 3 is 2.86 bits per heavy atom. The lowest BCUT2D eigenvalue weighted by Gasteiger charge is -2.23. The Morgan fingerprint density at radius 1 is 1.57 bits per heavy atom. The van der Waals surface area contributed by atoms with Crippen LogP contribution in [0.5, 0.6) is 0 Å². The quantitative estimate of drug-likeness (QED) is 0.802. The lowest BCUT2D eigenvalue weighted by atomic mass is 10.1. The number of nitrogens with one attached hydrogen (secondary N) is 1. The summed E-state index contributed by atoms with van der Waals surface area (Å²) in [5, 5.41) is 7.04. The van der Waals surface area contributed by atoms with Gasteiger partial charge >= 0.3 is 5.97 Å². The molecule has 2 rings (SSSR count). The average Bonchev–Trinajstić information content (AvgIpc) is 2.49. The summed E-state index contributed by atoms with van der Waals surface area (Å²) in [6.45, 7) is -0.280. The van der Waals surface area contributed by atoms with E-state index in [-0.39, 0.29) is 17.6 Å². The Kier molecular flexibility index (Phi) is 5.35. The standard InChI is InChI=1S/C12H16ClN3O4S/c1-20-10(17)7-16-12(18)11(13)9(6-14-16)15-8-2-4-21(19)5-3-8/h6,8,15H,2-5,7H2,1H3.